The topological polar surface area (TPSA) is 142 Å². The molecule has 1 aromatic heterocycles. The van der Waals surface area contributed by atoms with E-state index in [1.54, 1.807) is 39.5 Å². The molecule has 0 aliphatic heterocycles. The molecule has 3 aromatic carbocycles. The van der Waals surface area contributed by atoms with Gasteiger partial charge in [0.1, 0.15) is 11.6 Å². The third-order valence-electron chi connectivity index (χ3n) is 6.94. The van der Waals surface area contributed by atoms with Crippen molar-refractivity contribution in [1.29, 1.82) is 0 Å². The first-order valence-electron chi connectivity index (χ1n) is 14.9. The van der Waals surface area contributed by atoms with E-state index in [1.165, 1.54) is 0 Å². The second-order valence-corrected chi connectivity index (χ2v) is 12.5. The minimum absolute atomic E-state index is 0.0336. The lowest BCUT2D eigenvalue weighted by Crippen LogP contribution is -2.52. The van der Waals surface area contributed by atoms with E-state index in [0.717, 1.165) is 22.3 Å². The molecular weight excluding hydrogens is 570 g/mol. The summed E-state index contributed by atoms with van der Waals surface area (Å²) in [6, 6.07) is 24.4. The number of aromatic nitrogens is 4. The van der Waals surface area contributed by atoms with Crippen molar-refractivity contribution in [3.8, 4) is 22.5 Å². The number of hydrogen-bond donors (Lipinski definition) is 3. The molecule has 3 amide bonds. The Bertz CT molecular complexity index is 1580. The van der Waals surface area contributed by atoms with Crippen molar-refractivity contribution in [2.45, 2.75) is 78.1 Å². The van der Waals surface area contributed by atoms with E-state index in [-0.39, 0.29) is 18.2 Å². The summed E-state index contributed by atoms with van der Waals surface area (Å²) in [6.45, 7) is 10.9. The Morgan fingerprint density at radius 3 is 2.13 bits per heavy atom. The van der Waals surface area contributed by atoms with Gasteiger partial charge in [-0.1, -0.05) is 73.7 Å². The molecule has 0 unspecified atom stereocenters. The fourth-order valence-corrected chi connectivity index (χ4v) is 4.88. The van der Waals surface area contributed by atoms with Crippen molar-refractivity contribution in [2.75, 3.05) is 4.90 Å². The Balaban J connectivity index is 1.49. The summed E-state index contributed by atoms with van der Waals surface area (Å²) in [5.74, 6) is -0.0810. The first-order valence-corrected chi connectivity index (χ1v) is 14.9. The summed E-state index contributed by atoms with van der Waals surface area (Å²) in [7, 11) is 0. The van der Waals surface area contributed by atoms with Crippen molar-refractivity contribution in [1.82, 2.24) is 31.3 Å². The number of carbonyl (C=O) groups excluding carboxylic acids is 3. The number of H-pyrrole nitrogens is 1. The van der Waals surface area contributed by atoms with Crippen molar-refractivity contribution >= 4 is 23.6 Å². The van der Waals surface area contributed by atoms with E-state index in [4.69, 9.17) is 4.74 Å². The van der Waals surface area contributed by atoms with Crippen molar-refractivity contribution in [3.05, 3.63) is 84.4 Å². The largest absolute Gasteiger partial charge is 0.444 e. The normalized spacial score (nSPS) is 12.2. The number of amides is 3. The number of benzene rings is 3. The number of alkyl carbamates (subject to hydrolysis) is 1. The molecule has 1 heterocycles. The van der Waals surface area contributed by atoms with Gasteiger partial charge in [-0.15, -0.1) is 10.2 Å². The maximum atomic E-state index is 14.0. The second-order valence-electron chi connectivity index (χ2n) is 12.5. The molecule has 0 saturated carbocycles. The highest BCUT2D eigenvalue weighted by Crippen LogP contribution is 2.30. The van der Waals surface area contributed by atoms with Gasteiger partial charge in [-0.05, 0) is 75.1 Å². The number of para-hydroxylation sites is 1. The Morgan fingerprint density at radius 2 is 1.53 bits per heavy atom. The predicted octanol–water partition coefficient (Wildman–Crippen LogP) is 5.66. The maximum absolute atomic E-state index is 14.0. The average Bonchev–Trinajstić information content (AvgIpc) is 3.53. The minimum atomic E-state index is -0.892. The van der Waals surface area contributed by atoms with Gasteiger partial charge in [0.15, 0.2) is 0 Å². The number of carbonyl (C=O) groups is 3. The Morgan fingerprint density at radius 1 is 0.889 bits per heavy atom. The van der Waals surface area contributed by atoms with Crippen LogP contribution in [0.5, 0.6) is 0 Å². The number of anilines is 1. The molecule has 1 atom stereocenters. The summed E-state index contributed by atoms with van der Waals surface area (Å²) >= 11 is 0. The summed E-state index contributed by atoms with van der Waals surface area (Å²) in [5.41, 5.74) is 2.86. The molecule has 0 fully saturated rings. The van der Waals surface area contributed by atoms with Crippen LogP contribution in [0.1, 0.15) is 59.9 Å². The zero-order chi connectivity index (χ0) is 32.6. The molecule has 45 heavy (non-hydrogen) atoms. The van der Waals surface area contributed by atoms with Crippen molar-refractivity contribution in [2.24, 2.45) is 0 Å². The van der Waals surface area contributed by atoms with Crippen LogP contribution < -0.4 is 15.5 Å². The van der Waals surface area contributed by atoms with Gasteiger partial charge >= 0.3 is 6.09 Å². The summed E-state index contributed by atoms with van der Waals surface area (Å²) in [6.07, 6.45) is -0.253. The molecule has 11 heteroatoms. The number of nitrogens with zero attached hydrogens (tertiary/aromatic N) is 4. The van der Waals surface area contributed by atoms with E-state index in [0.29, 0.717) is 24.5 Å². The van der Waals surface area contributed by atoms with Gasteiger partial charge in [0.25, 0.3) is 0 Å². The molecule has 0 aliphatic carbocycles. The molecular formula is C34H41N7O4. The standard InChI is InChI=1S/C34H41N7O4/c1-7-28(35-29(42)21-34(5,6)36-32(44)45-33(2,3)4)31(43)41(25-13-9-8-10-14-25)22-23-17-19-24(20-18-23)26-15-11-12-16-27(26)30-37-39-40-38-30/h8-20,28H,7,21-22H2,1-6H3,(H,35,42)(H,36,44)(H,37,38,39,40)/t28-/m1/s1. The molecule has 3 N–H and O–H groups in total. The SMILES string of the molecule is CC[C@@H](NC(=O)CC(C)(C)NC(=O)OC(C)(C)C)C(=O)N(Cc1ccc(-c2ccccc2-c2nn[nH]n2)cc1)c1ccccc1. The van der Waals surface area contributed by atoms with Gasteiger partial charge in [0.2, 0.25) is 17.6 Å². The van der Waals surface area contributed by atoms with Crippen LogP contribution in [0.15, 0.2) is 78.9 Å². The van der Waals surface area contributed by atoms with Gasteiger partial charge in [0.05, 0.1) is 6.54 Å². The number of hydrogen-bond acceptors (Lipinski definition) is 7. The molecule has 0 radical (unpaired) electrons. The van der Waals surface area contributed by atoms with Gasteiger partial charge in [-0.3, -0.25) is 9.59 Å². The van der Waals surface area contributed by atoms with E-state index in [2.05, 4.69) is 31.3 Å². The zero-order valence-electron chi connectivity index (χ0n) is 26.6. The second kappa shape index (κ2) is 14.1. The van der Waals surface area contributed by atoms with Crippen LogP contribution >= 0.6 is 0 Å². The lowest BCUT2D eigenvalue weighted by molar-refractivity contribution is -0.128. The van der Waals surface area contributed by atoms with E-state index < -0.39 is 23.3 Å². The fraction of sp³-hybridized carbons (Fsp3) is 0.353. The number of aromatic amines is 1. The van der Waals surface area contributed by atoms with Crippen LogP contribution in [-0.2, 0) is 20.9 Å². The van der Waals surface area contributed by atoms with Gasteiger partial charge in [0, 0.05) is 23.2 Å². The molecule has 0 aliphatic rings. The quantitative estimate of drug-likeness (QED) is 0.199. The highest BCUT2D eigenvalue weighted by Gasteiger charge is 2.30. The van der Waals surface area contributed by atoms with Crippen molar-refractivity contribution < 1.29 is 19.1 Å². The molecule has 236 valence electrons. The molecule has 4 aromatic rings. The molecule has 4 rings (SSSR count). The first kappa shape index (κ1) is 32.8. The average molecular weight is 612 g/mol. The third-order valence-corrected chi connectivity index (χ3v) is 6.94. The van der Waals surface area contributed by atoms with Crippen LogP contribution in [0, 0.1) is 0 Å². The lowest BCUT2D eigenvalue weighted by atomic mass is 9.98. The van der Waals surface area contributed by atoms with Crippen LogP contribution in [-0.4, -0.2) is 55.7 Å². The van der Waals surface area contributed by atoms with Crippen LogP contribution in [0.25, 0.3) is 22.5 Å². The minimum Gasteiger partial charge on any atom is -0.444 e. The fourth-order valence-electron chi connectivity index (χ4n) is 4.88. The van der Waals surface area contributed by atoms with Crippen LogP contribution in [0.2, 0.25) is 0 Å². The van der Waals surface area contributed by atoms with E-state index in [1.807, 2.05) is 85.8 Å². The van der Waals surface area contributed by atoms with Gasteiger partial charge < -0.3 is 20.3 Å². The number of rotatable bonds is 11. The van der Waals surface area contributed by atoms with Crippen molar-refractivity contribution in [3.63, 3.8) is 0 Å². The smallest absolute Gasteiger partial charge is 0.408 e. The summed E-state index contributed by atoms with van der Waals surface area (Å²) < 4.78 is 5.34. The van der Waals surface area contributed by atoms with Gasteiger partial charge in [-0.2, -0.15) is 5.21 Å². The lowest BCUT2D eigenvalue weighted by Gasteiger charge is -2.30. The Kier molecular flexibility index (Phi) is 10.3. The monoisotopic (exact) mass is 611 g/mol. The zero-order valence-corrected chi connectivity index (χ0v) is 26.6. The highest BCUT2D eigenvalue weighted by atomic mass is 16.6. The van der Waals surface area contributed by atoms with E-state index >= 15 is 0 Å². The predicted molar refractivity (Wildman–Crippen MR) is 173 cm³/mol. The Hall–Kier alpha value is -5.06. The third kappa shape index (κ3) is 9.21. The van der Waals surface area contributed by atoms with Gasteiger partial charge in [-0.25, -0.2) is 4.79 Å². The first-order chi connectivity index (χ1) is 21.3. The number of tetrazole rings is 1. The molecule has 0 bridgehead atoms. The summed E-state index contributed by atoms with van der Waals surface area (Å²) in [4.78, 5) is 41.1. The number of nitrogens with one attached hydrogen (secondary N) is 3. The van der Waals surface area contributed by atoms with Crippen LogP contribution in [0.4, 0.5) is 10.5 Å². The summed E-state index contributed by atoms with van der Waals surface area (Å²) in [5, 5.41) is 20.1. The number of ether oxygens (including phenoxy) is 1. The Labute approximate surface area is 263 Å². The molecule has 0 spiro atoms. The maximum Gasteiger partial charge on any atom is 0.408 e. The highest BCUT2D eigenvalue weighted by molar-refractivity contribution is 5.99. The van der Waals surface area contributed by atoms with E-state index in [9.17, 15) is 14.4 Å². The molecule has 0 saturated heterocycles. The molecule has 11 nitrogen and oxygen atoms in total. The van der Waals surface area contributed by atoms with Crippen LogP contribution in [0.3, 0.4) is 0 Å².